The molecule has 13 heavy (non-hydrogen) atoms. The fourth-order valence-corrected chi connectivity index (χ4v) is 1.66. The molecule has 0 spiro atoms. The molecule has 0 aliphatic carbocycles. The molecule has 0 saturated carbocycles. The van der Waals surface area contributed by atoms with E-state index in [2.05, 4.69) is 15.9 Å². The van der Waals surface area contributed by atoms with Crippen LogP contribution in [-0.4, -0.2) is 11.2 Å². The second-order valence-electron chi connectivity index (χ2n) is 2.91. The first-order valence-electron chi connectivity index (χ1n) is 3.82. The lowest BCUT2D eigenvalue weighted by Crippen LogP contribution is -2.04. The van der Waals surface area contributed by atoms with Crippen LogP contribution in [0, 0.1) is 5.82 Å². The molecule has 0 radical (unpaired) electrons. The monoisotopic (exact) mass is 266 g/mol. The lowest BCUT2D eigenvalue weighted by atomic mass is 10.1. The predicted molar refractivity (Wildman–Crippen MR) is 54.5 cm³/mol. The molecule has 0 aliphatic rings. The summed E-state index contributed by atoms with van der Waals surface area (Å²) in [6, 6.07) is 2.83. The second kappa shape index (κ2) is 4.40. The third-order valence-corrected chi connectivity index (χ3v) is 2.56. The van der Waals surface area contributed by atoms with Crippen LogP contribution in [0.4, 0.5) is 4.39 Å². The maximum absolute atomic E-state index is 12.9. The molecule has 1 aromatic rings. The van der Waals surface area contributed by atoms with Gasteiger partial charge in [-0.25, -0.2) is 4.39 Å². The Balaban J connectivity index is 3.01. The molecule has 72 valence electrons. The molecule has 1 unspecified atom stereocenters. The number of rotatable bonds is 2. The lowest BCUT2D eigenvalue weighted by molar-refractivity contribution is 0.195. The van der Waals surface area contributed by atoms with Gasteiger partial charge in [0.2, 0.25) is 0 Å². The number of aliphatic hydroxyl groups is 1. The molecule has 0 aromatic heterocycles. The van der Waals surface area contributed by atoms with Crippen molar-refractivity contribution in [1.82, 2.24) is 0 Å². The average molecular weight is 268 g/mol. The summed E-state index contributed by atoms with van der Waals surface area (Å²) >= 11 is 8.83. The minimum atomic E-state index is -0.477. The smallest absolute Gasteiger partial charge is 0.138 e. The fraction of sp³-hybridized carbons (Fsp3) is 0.333. The van der Waals surface area contributed by atoms with E-state index in [9.17, 15) is 4.39 Å². The van der Waals surface area contributed by atoms with Crippen molar-refractivity contribution in [1.29, 1.82) is 0 Å². The van der Waals surface area contributed by atoms with Crippen molar-refractivity contribution in [2.75, 3.05) is 0 Å². The molecule has 1 aromatic carbocycles. The Labute approximate surface area is 89.7 Å². The molecule has 0 bridgehead atoms. The summed E-state index contributed by atoms with van der Waals surface area (Å²) < 4.78 is 13.3. The highest BCUT2D eigenvalue weighted by Crippen LogP contribution is 2.25. The van der Waals surface area contributed by atoms with E-state index in [0.29, 0.717) is 15.9 Å². The number of hydrogen-bond acceptors (Lipinski definition) is 1. The summed E-state index contributed by atoms with van der Waals surface area (Å²) in [6.45, 7) is 1.66. The van der Waals surface area contributed by atoms with E-state index in [1.807, 2.05) is 0 Å². The highest BCUT2D eigenvalue weighted by Gasteiger charge is 2.08. The molecule has 1 nitrogen and oxygen atoms in total. The Morgan fingerprint density at radius 3 is 2.77 bits per heavy atom. The molecule has 0 saturated heterocycles. The Bertz CT molecular complexity index is 315. The highest BCUT2D eigenvalue weighted by atomic mass is 79.9. The molecular weight excluding hydrogens is 258 g/mol. The first-order chi connectivity index (χ1) is 6.00. The van der Waals surface area contributed by atoms with Gasteiger partial charge in [0.15, 0.2) is 0 Å². The van der Waals surface area contributed by atoms with Gasteiger partial charge >= 0.3 is 0 Å². The molecule has 1 N–H and O–H groups in total. The summed E-state index contributed by atoms with van der Waals surface area (Å²) in [7, 11) is 0. The largest absolute Gasteiger partial charge is 0.393 e. The van der Waals surface area contributed by atoms with Gasteiger partial charge in [0.05, 0.1) is 10.6 Å². The van der Waals surface area contributed by atoms with Crippen LogP contribution in [0.3, 0.4) is 0 Å². The SMILES string of the molecule is CC(O)Cc1cc(Br)c(F)cc1Cl. The molecule has 1 atom stereocenters. The first kappa shape index (κ1) is 11.0. The number of halogens is 3. The van der Waals surface area contributed by atoms with E-state index in [1.54, 1.807) is 13.0 Å². The van der Waals surface area contributed by atoms with Gasteiger partial charge in [-0.05, 0) is 47.0 Å². The zero-order valence-electron chi connectivity index (χ0n) is 7.02. The molecule has 0 heterocycles. The maximum atomic E-state index is 12.9. The van der Waals surface area contributed by atoms with Crippen molar-refractivity contribution in [3.63, 3.8) is 0 Å². The van der Waals surface area contributed by atoms with E-state index in [4.69, 9.17) is 16.7 Å². The van der Waals surface area contributed by atoms with Gasteiger partial charge in [-0.2, -0.15) is 0 Å². The van der Waals surface area contributed by atoms with Gasteiger partial charge < -0.3 is 5.11 Å². The van der Waals surface area contributed by atoms with Crippen LogP contribution in [0.5, 0.6) is 0 Å². The Morgan fingerprint density at radius 2 is 2.23 bits per heavy atom. The van der Waals surface area contributed by atoms with Gasteiger partial charge in [0.1, 0.15) is 5.82 Å². The molecule has 0 amide bonds. The molecule has 1 rings (SSSR count). The van der Waals surface area contributed by atoms with Gasteiger partial charge in [-0.3, -0.25) is 0 Å². The van der Waals surface area contributed by atoms with Crippen molar-refractivity contribution in [3.05, 3.63) is 33.0 Å². The molecular formula is C9H9BrClFO. The quantitative estimate of drug-likeness (QED) is 0.816. The van der Waals surface area contributed by atoms with Crippen LogP contribution < -0.4 is 0 Å². The van der Waals surface area contributed by atoms with Crippen molar-refractivity contribution in [2.24, 2.45) is 0 Å². The van der Waals surface area contributed by atoms with E-state index >= 15 is 0 Å². The minimum absolute atomic E-state index is 0.349. The summed E-state index contributed by atoms with van der Waals surface area (Å²) in [5.74, 6) is -0.389. The van der Waals surface area contributed by atoms with E-state index < -0.39 is 6.10 Å². The number of benzene rings is 1. The minimum Gasteiger partial charge on any atom is -0.393 e. The van der Waals surface area contributed by atoms with Gasteiger partial charge in [-0.15, -0.1) is 0 Å². The van der Waals surface area contributed by atoms with Gasteiger partial charge in [0.25, 0.3) is 0 Å². The number of aliphatic hydroxyl groups excluding tert-OH is 1. The first-order valence-corrected chi connectivity index (χ1v) is 4.99. The van der Waals surface area contributed by atoms with Crippen molar-refractivity contribution >= 4 is 27.5 Å². The summed E-state index contributed by atoms with van der Waals surface area (Å²) in [5.41, 5.74) is 0.741. The van der Waals surface area contributed by atoms with Crippen LogP contribution in [0.2, 0.25) is 5.02 Å². The normalized spacial score (nSPS) is 13.0. The molecule has 0 aliphatic heterocycles. The van der Waals surface area contributed by atoms with Crippen LogP contribution in [0.25, 0.3) is 0 Å². The molecule has 4 heteroatoms. The highest BCUT2D eigenvalue weighted by molar-refractivity contribution is 9.10. The van der Waals surface area contributed by atoms with Gasteiger partial charge in [-0.1, -0.05) is 11.6 Å². The lowest BCUT2D eigenvalue weighted by Gasteiger charge is -2.07. The molecule has 0 fully saturated rings. The van der Waals surface area contributed by atoms with E-state index in [1.165, 1.54) is 6.07 Å². The fourth-order valence-electron chi connectivity index (χ4n) is 1.04. The maximum Gasteiger partial charge on any atom is 0.138 e. The Kier molecular flexibility index (Phi) is 3.71. The third kappa shape index (κ3) is 2.93. The van der Waals surface area contributed by atoms with Crippen molar-refractivity contribution in [3.8, 4) is 0 Å². The van der Waals surface area contributed by atoms with Crippen LogP contribution in [0.15, 0.2) is 16.6 Å². The third-order valence-electron chi connectivity index (χ3n) is 1.60. The van der Waals surface area contributed by atoms with Gasteiger partial charge in [0, 0.05) is 5.02 Å². The van der Waals surface area contributed by atoms with E-state index in [-0.39, 0.29) is 5.82 Å². The summed E-state index contributed by atoms with van der Waals surface area (Å²) in [5, 5.41) is 9.47. The summed E-state index contributed by atoms with van der Waals surface area (Å²) in [6.07, 6.45) is -0.0487. The number of hydrogen-bond donors (Lipinski definition) is 1. The van der Waals surface area contributed by atoms with Crippen LogP contribution in [-0.2, 0) is 6.42 Å². The van der Waals surface area contributed by atoms with Crippen molar-refractivity contribution in [2.45, 2.75) is 19.4 Å². The average Bonchev–Trinajstić information content (AvgIpc) is 1.99. The van der Waals surface area contributed by atoms with Crippen LogP contribution >= 0.6 is 27.5 Å². The Morgan fingerprint density at radius 1 is 1.62 bits per heavy atom. The van der Waals surface area contributed by atoms with E-state index in [0.717, 1.165) is 5.56 Å². The zero-order valence-corrected chi connectivity index (χ0v) is 9.36. The standard InChI is InChI=1S/C9H9BrClFO/c1-5(13)2-6-3-7(10)9(12)4-8(6)11/h3-5,13H,2H2,1H3. The topological polar surface area (TPSA) is 20.2 Å². The van der Waals surface area contributed by atoms with Crippen molar-refractivity contribution < 1.29 is 9.50 Å². The summed E-state index contributed by atoms with van der Waals surface area (Å²) in [4.78, 5) is 0. The predicted octanol–water partition coefficient (Wildman–Crippen LogP) is 3.16. The van der Waals surface area contributed by atoms with Crippen LogP contribution in [0.1, 0.15) is 12.5 Å². The zero-order chi connectivity index (χ0) is 10.0. The Hall–Kier alpha value is -0.120. The second-order valence-corrected chi connectivity index (χ2v) is 4.17.